The summed E-state index contributed by atoms with van der Waals surface area (Å²) in [4.78, 5) is 12.6. The number of nitrogens with one attached hydrogen (secondary N) is 2. The summed E-state index contributed by atoms with van der Waals surface area (Å²) in [6, 6.07) is 9.88. The minimum absolute atomic E-state index is 0.00463. The molecule has 1 fully saturated rings. The van der Waals surface area contributed by atoms with Crippen LogP contribution in [0.5, 0.6) is 5.75 Å². The number of aromatic amines is 1. The summed E-state index contributed by atoms with van der Waals surface area (Å²) in [5.41, 5.74) is 4.62. The van der Waals surface area contributed by atoms with E-state index in [1.54, 1.807) is 7.11 Å². The Morgan fingerprint density at radius 3 is 2.77 bits per heavy atom. The maximum atomic E-state index is 9.96. The Hall–Kier alpha value is -2.90. The minimum atomic E-state index is -0.347. The second kappa shape index (κ2) is 5.82. The summed E-state index contributed by atoms with van der Waals surface area (Å²) < 4.78 is 7.39. The predicted octanol–water partition coefficient (Wildman–Crippen LogP) is 2.28. The zero-order valence-electron chi connectivity index (χ0n) is 14.3. The van der Waals surface area contributed by atoms with E-state index < -0.39 is 0 Å². The Kier molecular flexibility index (Phi) is 3.44. The first-order valence-electron chi connectivity index (χ1n) is 8.65. The number of nitrogens with zero attached hydrogens (tertiary/aromatic N) is 3. The van der Waals surface area contributed by atoms with E-state index in [4.69, 9.17) is 9.72 Å². The molecule has 1 aliphatic rings. The summed E-state index contributed by atoms with van der Waals surface area (Å²) in [7, 11) is 1.66. The summed E-state index contributed by atoms with van der Waals surface area (Å²) in [5, 5.41) is 13.3. The number of benzene rings is 1. The smallest absolute Gasteiger partial charge is 0.154 e. The molecule has 26 heavy (non-hydrogen) atoms. The number of imidazole rings is 1. The fraction of sp³-hybridized carbons (Fsp3) is 0.263. The molecule has 1 aromatic carbocycles. The number of aliphatic hydroxyl groups excluding tert-OH is 1. The molecule has 3 N–H and O–H groups in total. The first-order valence-corrected chi connectivity index (χ1v) is 8.65. The zero-order valence-corrected chi connectivity index (χ0v) is 14.3. The van der Waals surface area contributed by atoms with E-state index in [0.29, 0.717) is 13.0 Å². The van der Waals surface area contributed by atoms with Crippen molar-refractivity contribution >= 4 is 16.7 Å². The normalized spacial score (nSPS) is 20.2. The molecule has 132 valence electrons. The van der Waals surface area contributed by atoms with Crippen molar-refractivity contribution in [3.63, 3.8) is 0 Å². The third-order valence-corrected chi connectivity index (χ3v) is 4.98. The Labute approximate surface area is 149 Å². The van der Waals surface area contributed by atoms with Crippen LogP contribution in [0.3, 0.4) is 0 Å². The average Bonchev–Trinajstić information content (AvgIpc) is 3.38. The van der Waals surface area contributed by atoms with E-state index in [-0.39, 0.29) is 12.1 Å². The SMILES string of the molecule is COc1ccc(-c2nc(C3CC(O)CN3)n3c2cnc2[nH]ccc23)cc1. The number of β-amino-alcohol motifs (C(OH)–C–C–N with tert-alkyl or cyclic N) is 1. The van der Waals surface area contributed by atoms with Gasteiger partial charge in [-0.05, 0) is 36.8 Å². The van der Waals surface area contributed by atoms with Crippen LogP contribution in [0.25, 0.3) is 27.9 Å². The first kappa shape index (κ1) is 15.4. The predicted molar refractivity (Wildman–Crippen MR) is 98.2 cm³/mol. The highest BCUT2D eigenvalue weighted by Crippen LogP contribution is 2.33. The van der Waals surface area contributed by atoms with Gasteiger partial charge in [0.2, 0.25) is 0 Å². The molecule has 0 radical (unpaired) electrons. The van der Waals surface area contributed by atoms with Crippen molar-refractivity contribution in [1.29, 1.82) is 0 Å². The number of H-pyrrole nitrogens is 1. The molecule has 4 aromatic rings. The fourth-order valence-corrected chi connectivity index (χ4v) is 3.69. The van der Waals surface area contributed by atoms with Gasteiger partial charge in [0.05, 0.1) is 42.2 Å². The summed E-state index contributed by atoms with van der Waals surface area (Å²) in [6.45, 7) is 0.582. The lowest BCUT2D eigenvalue weighted by Crippen LogP contribution is -2.17. The van der Waals surface area contributed by atoms with Crippen LogP contribution in [0.1, 0.15) is 18.3 Å². The lowest BCUT2D eigenvalue weighted by Gasteiger charge is -2.09. The molecule has 7 heteroatoms. The van der Waals surface area contributed by atoms with E-state index in [1.165, 1.54) is 0 Å². The number of rotatable bonds is 3. The van der Waals surface area contributed by atoms with E-state index in [0.717, 1.165) is 39.5 Å². The molecule has 5 rings (SSSR count). The van der Waals surface area contributed by atoms with E-state index in [2.05, 4.69) is 19.7 Å². The first-order chi connectivity index (χ1) is 12.7. The van der Waals surface area contributed by atoms with Gasteiger partial charge in [-0.25, -0.2) is 9.97 Å². The molecule has 0 saturated carbocycles. The number of aliphatic hydroxyl groups is 1. The number of hydrogen-bond donors (Lipinski definition) is 3. The van der Waals surface area contributed by atoms with Gasteiger partial charge in [0.15, 0.2) is 5.65 Å². The average molecular weight is 349 g/mol. The van der Waals surface area contributed by atoms with Gasteiger partial charge in [-0.1, -0.05) is 0 Å². The lowest BCUT2D eigenvalue weighted by molar-refractivity contribution is 0.193. The third kappa shape index (κ3) is 2.28. The van der Waals surface area contributed by atoms with E-state index in [9.17, 15) is 5.11 Å². The highest BCUT2D eigenvalue weighted by Gasteiger charge is 2.29. The number of methoxy groups -OCH3 is 1. The highest BCUT2D eigenvalue weighted by molar-refractivity contribution is 5.84. The van der Waals surface area contributed by atoms with Crippen molar-refractivity contribution in [2.24, 2.45) is 0 Å². The number of ether oxygens (including phenoxy) is 1. The molecule has 1 saturated heterocycles. The standard InChI is InChI=1S/C19H19N5O2/c1-26-13-4-2-11(3-5-13)17-16-10-22-18-15(6-7-20-18)24(16)19(23-17)14-8-12(25)9-21-14/h2-7,10,12,14,20-21,25H,8-9H2,1H3. The summed E-state index contributed by atoms with van der Waals surface area (Å²) in [5.74, 6) is 1.71. The van der Waals surface area contributed by atoms with E-state index >= 15 is 0 Å². The van der Waals surface area contributed by atoms with Crippen molar-refractivity contribution in [3.05, 3.63) is 48.5 Å². The third-order valence-electron chi connectivity index (χ3n) is 4.98. The van der Waals surface area contributed by atoms with Crippen LogP contribution in [0.15, 0.2) is 42.7 Å². The molecule has 0 bridgehead atoms. The highest BCUT2D eigenvalue weighted by atomic mass is 16.5. The summed E-state index contributed by atoms with van der Waals surface area (Å²) >= 11 is 0. The molecule has 2 unspecified atom stereocenters. The maximum absolute atomic E-state index is 9.96. The van der Waals surface area contributed by atoms with Gasteiger partial charge in [0, 0.05) is 18.3 Å². The maximum Gasteiger partial charge on any atom is 0.154 e. The van der Waals surface area contributed by atoms with Crippen molar-refractivity contribution in [3.8, 4) is 17.0 Å². The lowest BCUT2D eigenvalue weighted by atomic mass is 10.1. The van der Waals surface area contributed by atoms with Crippen LogP contribution in [-0.2, 0) is 0 Å². The zero-order chi connectivity index (χ0) is 17.7. The molecule has 1 aliphatic heterocycles. The number of aromatic nitrogens is 4. The molecule has 0 spiro atoms. The van der Waals surface area contributed by atoms with Gasteiger partial charge in [-0.2, -0.15) is 0 Å². The van der Waals surface area contributed by atoms with E-state index in [1.807, 2.05) is 42.7 Å². The Morgan fingerprint density at radius 1 is 1.19 bits per heavy atom. The van der Waals surface area contributed by atoms with Gasteiger partial charge < -0.3 is 20.1 Å². The molecule has 4 heterocycles. The molecule has 3 aromatic heterocycles. The molecule has 2 atom stereocenters. The number of hydrogen-bond acceptors (Lipinski definition) is 5. The van der Waals surface area contributed by atoms with Crippen LogP contribution < -0.4 is 10.1 Å². The van der Waals surface area contributed by atoms with Crippen molar-refractivity contribution in [1.82, 2.24) is 24.7 Å². The molecule has 0 amide bonds. The number of fused-ring (bicyclic) bond motifs is 3. The second-order valence-corrected chi connectivity index (χ2v) is 6.59. The Morgan fingerprint density at radius 2 is 2.04 bits per heavy atom. The minimum Gasteiger partial charge on any atom is -0.497 e. The summed E-state index contributed by atoms with van der Waals surface area (Å²) in [6.07, 6.45) is 4.03. The second-order valence-electron chi connectivity index (χ2n) is 6.59. The van der Waals surface area contributed by atoms with Gasteiger partial charge in [-0.3, -0.25) is 4.40 Å². The molecule has 0 aliphatic carbocycles. The molecular formula is C19H19N5O2. The largest absolute Gasteiger partial charge is 0.497 e. The Balaban J connectivity index is 1.75. The van der Waals surface area contributed by atoms with Gasteiger partial charge in [0.25, 0.3) is 0 Å². The van der Waals surface area contributed by atoms with Crippen molar-refractivity contribution in [2.75, 3.05) is 13.7 Å². The van der Waals surface area contributed by atoms with Gasteiger partial charge in [0.1, 0.15) is 11.6 Å². The van der Waals surface area contributed by atoms with Crippen molar-refractivity contribution in [2.45, 2.75) is 18.6 Å². The van der Waals surface area contributed by atoms with Crippen LogP contribution in [0, 0.1) is 0 Å². The van der Waals surface area contributed by atoms with Crippen LogP contribution >= 0.6 is 0 Å². The fourth-order valence-electron chi connectivity index (χ4n) is 3.69. The Bertz CT molecular complexity index is 1080. The monoisotopic (exact) mass is 349 g/mol. The van der Waals surface area contributed by atoms with Crippen LogP contribution in [0.2, 0.25) is 0 Å². The van der Waals surface area contributed by atoms with Crippen LogP contribution in [-0.4, -0.2) is 44.2 Å². The van der Waals surface area contributed by atoms with Crippen molar-refractivity contribution < 1.29 is 9.84 Å². The topological polar surface area (TPSA) is 87.5 Å². The van der Waals surface area contributed by atoms with Gasteiger partial charge in [-0.15, -0.1) is 0 Å². The quantitative estimate of drug-likeness (QED) is 0.528. The van der Waals surface area contributed by atoms with Crippen LogP contribution in [0.4, 0.5) is 0 Å². The molecular weight excluding hydrogens is 330 g/mol. The molecule has 7 nitrogen and oxygen atoms in total. The van der Waals surface area contributed by atoms with Gasteiger partial charge >= 0.3 is 0 Å².